The molecule has 0 aromatic heterocycles. The van der Waals surface area contributed by atoms with Crippen molar-refractivity contribution in [3.63, 3.8) is 0 Å². The molecule has 2 aromatic rings. The highest BCUT2D eigenvalue weighted by Gasteiger charge is 2.30. The molecule has 1 aliphatic rings. The lowest BCUT2D eigenvalue weighted by molar-refractivity contribution is -0.119. The number of anilines is 1. The average molecular weight is 470 g/mol. The summed E-state index contributed by atoms with van der Waals surface area (Å²) in [4.78, 5) is 21.7. The standard InChI is InChI=1S/C24H28ClN5OS/c1-16(2)29(3)14-8-13-26-24(32)28-22-23(31)30(4)20-12-11-18(25)15-19(20)21(27-22)17-9-6-5-7-10-17/h5-7,9-12,15,22H,1,8,13-14H2,2-4H3,(H2,26,28,32). The molecule has 0 saturated carbocycles. The maximum Gasteiger partial charge on any atom is 0.272 e. The SMILES string of the molecule is C=C(C)N(C)CCCNC(=S)NC1N=C(c2ccccc2)c2cc(Cl)ccc2N(C)C1=O. The summed E-state index contributed by atoms with van der Waals surface area (Å²) in [5.41, 5.74) is 4.13. The molecular weight excluding hydrogens is 442 g/mol. The second-order valence-corrected chi connectivity index (χ2v) is 8.56. The fraction of sp³-hybridized carbons (Fsp3) is 0.292. The lowest BCUT2D eigenvalue weighted by Gasteiger charge is -2.22. The first-order chi connectivity index (χ1) is 15.3. The molecule has 2 aromatic carbocycles. The Labute approximate surface area is 200 Å². The zero-order valence-corrected chi connectivity index (χ0v) is 20.1. The first kappa shape index (κ1) is 23.8. The number of aliphatic imine (C=N–C) groups is 1. The minimum absolute atomic E-state index is 0.203. The molecule has 0 aliphatic carbocycles. The van der Waals surface area contributed by atoms with Crippen LogP contribution in [0.1, 0.15) is 24.5 Å². The van der Waals surface area contributed by atoms with E-state index >= 15 is 0 Å². The van der Waals surface area contributed by atoms with E-state index in [1.807, 2.05) is 56.4 Å². The minimum atomic E-state index is -0.862. The van der Waals surface area contributed by atoms with E-state index in [1.54, 1.807) is 18.0 Å². The lowest BCUT2D eigenvalue weighted by atomic mass is 10.0. The van der Waals surface area contributed by atoms with Crippen molar-refractivity contribution in [2.45, 2.75) is 19.5 Å². The van der Waals surface area contributed by atoms with Gasteiger partial charge in [-0.15, -0.1) is 0 Å². The van der Waals surface area contributed by atoms with Crippen molar-refractivity contribution in [1.82, 2.24) is 15.5 Å². The van der Waals surface area contributed by atoms with E-state index in [-0.39, 0.29) is 5.91 Å². The Kier molecular flexibility index (Phi) is 7.88. The van der Waals surface area contributed by atoms with E-state index in [9.17, 15) is 4.79 Å². The van der Waals surface area contributed by atoms with Crippen molar-refractivity contribution >= 4 is 46.2 Å². The van der Waals surface area contributed by atoms with Gasteiger partial charge in [0, 0.05) is 49.0 Å². The molecule has 3 rings (SSSR count). The summed E-state index contributed by atoms with van der Waals surface area (Å²) in [6, 6.07) is 15.2. The van der Waals surface area contributed by atoms with E-state index in [2.05, 4.69) is 22.1 Å². The molecule has 8 heteroatoms. The Hall–Kier alpha value is -2.90. The number of allylic oxidation sites excluding steroid dienone is 1. The van der Waals surface area contributed by atoms with Crippen molar-refractivity contribution in [2.24, 2.45) is 4.99 Å². The highest BCUT2D eigenvalue weighted by molar-refractivity contribution is 7.80. The van der Waals surface area contributed by atoms with Crippen LogP contribution in [0.5, 0.6) is 0 Å². The van der Waals surface area contributed by atoms with Crippen LogP contribution in [0.3, 0.4) is 0 Å². The lowest BCUT2D eigenvalue weighted by Crippen LogP contribution is -2.49. The maximum absolute atomic E-state index is 13.2. The van der Waals surface area contributed by atoms with Crippen LogP contribution in [-0.4, -0.2) is 55.0 Å². The summed E-state index contributed by atoms with van der Waals surface area (Å²) in [6.07, 6.45) is 0.0195. The summed E-state index contributed by atoms with van der Waals surface area (Å²) >= 11 is 11.7. The van der Waals surface area contributed by atoms with Gasteiger partial charge in [0.15, 0.2) is 5.11 Å². The molecule has 0 bridgehead atoms. The third kappa shape index (κ3) is 5.66. The van der Waals surface area contributed by atoms with Crippen LogP contribution in [0.25, 0.3) is 0 Å². The number of hydrogen-bond donors (Lipinski definition) is 2. The van der Waals surface area contributed by atoms with Crippen LogP contribution in [0.15, 0.2) is 65.8 Å². The zero-order valence-electron chi connectivity index (χ0n) is 18.6. The van der Waals surface area contributed by atoms with E-state index in [4.69, 9.17) is 28.8 Å². The molecule has 6 nitrogen and oxygen atoms in total. The monoisotopic (exact) mass is 469 g/mol. The van der Waals surface area contributed by atoms with Gasteiger partial charge >= 0.3 is 0 Å². The van der Waals surface area contributed by atoms with Gasteiger partial charge in [-0.3, -0.25) is 4.79 Å². The van der Waals surface area contributed by atoms with Crippen molar-refractivity contribution in [2.75, 3.05) is 32.1 Å². The Morgan fingerprint density at radius 1 is 1.28 bits per heavy atom. The smallest absolute Gasteiger partial charge is 0.272 e. The number of thiocarbonyl (C=S) groups is 1. The first-order valence-electron chi connectivity index (χ1n) is 10.4. The molecule has 0 radical (unpaired) electrons. The Bertz CT molecular complexity index is 1040. The summed E-state index contributed by atoms with van der Waals surface area (Å²) in [6.45, 7) is 7.44. The number of rotatable bonds is 7. The molecule has 1 aliphatic heterocycles. The number of amides is 1. The topological polar surface area (TPSA) is 60.0 Å². The van der Waals surface area contributed by atoms with E-state index in [0.717, 1.165) is 35.5 Å². The molecule has 1 atom stereocenters. The molecule has 32 heavy (non-hydrogen) atoms. The second kappa shape index (κ2) is 10.6. The van der Waals surface area contributed by atoms with Gasteiger partial charge in [-0.25, -0.2) is 4.99 Å². The number of likely N-dealkylation sites (N-methyl/N-ethyl adjacent to an activating group) is 1. The quantitative estimate of drug-likeness (QED) is 0.477. The van der Waals surface area contributed by atoms with E-state index < -0.39 is 6.17 Å². The van der Waals surface area contributed by atoms with Gasteiger partial charge in [0.1, 0.15) is 0 Å². The highest BCUT2D eigenvalue weighted by Crippen LogP contribution is 2.29. The summed E-state index contributed by atoms with van der Waals surface area (Å²) < 4.78 is 0. The van der Waals surface area contributed by atoms with Crippen molar-refractivity contribution in [3.8, 4) is 0 Å². The van der Waals surface area contributed by atoms with E-state index in [0.29, 0.717) is 22.4 Å². The molecule has 0 fully saturated rings. The third-order valence-electron chi connectivity index (χ3n) is 5.32. The van der Waals surface area contributed by atoms with Crippen LogP contribution in [0.4, 0.5) is 5.69 Å². The zero-order chi connectivity index (χ0) is 23.3. The predicted molar refractivity (Wildman–Crippen MR) is 137 cm³/mol. The fourth-order valence-electron chi connectivity index (χ4n) is 3.35. The van der Waals surface area contributed by atoms with Crippen molar-refractivity contribution < 1.29 is 4.79 Å². The molecule has 0 spiro atoms. The van der Waals surface area contributed by atoms with Crippen LogP contribution in [0, 0.1) is 0 Å². The number of benzodiazepines with no additional fused rings is 1. The maximum atomic E-state index is 13.2. The van der Waals surface area contributed by atoms with Gasteiger partial charge in [0.25, 0.3) is 5.91 Å². The Morgan fingerprint density at radius 3 is 2.69 bits per heavy atom. The Balaban J connectivity index is 1.82. The van der Waals surface area contributed by atoms with Gasteiger partial charge < -0.3 is 20.4 Å². The number of fused-ring (bicyclic) bond motifs is 1. The number of hydrogen-bond acceptors (Lipinski definition) is 4. The number of carbonyl (C=O) groups excluding carboxylic acids is 1. The molecule has 1 unspecified atom stereocenters. The molecule has 1 heterocycles. The van der Waals surface area contributed by atoms with Crippen LogP contribution < -0.4 is 15.5 Å². The molecule has 168 valence electrons. The molecule has 2 N–H and O–H groups in total. The first-order valence-corrected chi connectivity index (χ1v) is 11.2. The predicted octanol–water partition coefficient (Wildman–Crippen LogP) is 3.80. The molecule has 0 saturated heterocycles. The molecule has 1 amide bonds. The fourth-order valence-corrected chi connectivity index (χ4v) is 3.74. The second-order valence-electron chi connectivity index (χ2n) is 7.72. The number of halogens is 1. The average Bonchev–Trinajstić information content (AvgIpc) is 2.87. The largest absolute Gasteiger partial charge is 0.379 e. The van der Waals surface area contributed by atoms with Crippen LogP contribution in [0.2, 0.25) is 5.02 Å². The van der Waals surface area contributed by atoms with Crippen LogP contribution in [-0.2, 0) is 4.79 Å². The van der Waals surface area contributed by atoms with Crippen LogP contribution >= 0.6 is 23.8 Å². The number of benzene rings is 2. The highest BCUT2D eigenvalue weighted by atomic mass is 35.5. The Morgan fingerprint density at radius 2 is 2.00 bits per heavy atom. The molecular formula is C24H28ClN5OS. The number of carbonyl (C=O) groups is 1. The van der Waals surface area contributed by atoms with E-state index in [1.165, 1.54) is 0 Å². The summed E-state index contributed by atoms with van der Waals surface area (Å²) in [7, 11) is 3.74. The van der Waals surface area contributed by atoms with Gasteiger partial charge in [-0.05, 0) is 43.8 Å². The summed E-state index contributed by atoms with van der Waals surface area (Å²) in [5, 5.41) is 7.21. The van der Waals surface area contributed by atoms with Crippen molar-refractivity contribution in [1.29, 1.82) is 0 Å². The van der Waals surface area contributed by atoms with Gasteiger partial charge in [0.05, 0.1) is 11.4 Å². The third-order valence-corrected chi connectivity index (χ3v) is 5.82. The summed E-state index contributed by atoms with van der Waals surface area (Å²) in [5.74, 6) is -0.203. The van der Waals surface area contributed by atoms with Gasteiger partial charge in [-0.1, -0.05) is 48.5 Å². The minimum Gasteiger partial charge on any atom is -0.379 e. The van der Waals surface area contributed by atoms with Gasteiger partial charge in [-0.2, -0.15) is 0 Å². The number of nitrogens with zero attached hydrogens (tertiary/aromatic N) is 3. The normalized spacial score (nSPS) is 15.4. The number of nitrogens with one attached hydrogen (secondary N) is 2. The van der Waals surface area contributed by atoms with Gasteiger partial charge in [0.2, 0.25) is 6.17 Å². The van der Waals surface area contributed by atoms with Crippen molar-refractivity contribution in [3.05, 3.63) is 77.0 Å².